The van der Waals surface area contributed by atoms with E-state index in [4.69, 9.17) is 5.73 Å². The van der Waals surface area contributed by atoms with Crippen LogP contribution in [0.4, 0.5) is 0 Å². The van der Waals surface area contributed by atoms with E-state index in [0.29, 0.717) is 12.5 Å². The molecule has 4 N–H and O–H groups in total. The van der Waals surface area contributed by atoms with Crippen molar-refractivity contribution in [1.29, 1.82) is 0 Å². The zero-order chi connectivity index (χ0) is 13.2. The van der Waals surface area contributed by atoms with Gasteiger partial charge >= 0.3 is 0 Å². The molecule has 3 aliphatic rings. The Kier molecular flexibility index (Phi) is 3.25. The molecule has 3 heterocycles. The predicted molar refractivity (Wildman–Crippen MR) is 71.5 cm³/mol. The van der Waals surface area contributed by atoms with Gasteiger partial charge in [0.1, 0.15) is 0 Å². The summed E-state index contributed by atoms with van der Waals surface area (Å²) >= 11 is 0. The van der Waals surface area contributed by atoms with Gasteiger partial charge in [0, 0.05) is 24.7 Å². The lowest BCUT2D eigenvalue weighted by atomic mass is 9.96. The van der Waals surface area contributed by atoms with Crippen LogP contribution < -0.4 is 5.73 Å². The first kappa shape index (κ1) is 12.2. The van der Waals surface area contributed by atoms with Crippen LogP contribution in [0.15, 0.2) is 12.4 Å². The number of aromatic amines is 2. The number of likely N-dealkylation sites (tertiary alicyclic amines) is 1. The van der Waals surface area contributed by atoms with Crippen molar-refractivity contribution >= 4 is 5.91 Å². The summed E-state index contributed by atoms with van der Waals surface area (Å²) in [5.74, 6) is -0.234. The third-order valence-electron chi connectivity index (χ3n) is 3.91. The molecule has 0 aromatic rings. The molecule has 1 unspecified atom stereocenters. The molecular formula is C13H19N5O. The average Bonchev–Trinajstić information content (AvgIpc) is 2.99. The van der Waals surface area contributed by atoms with Crippen molar-refractivity contribution < 1.29 is 4.79 Å². The lowest BCUT2D eigenvalue weighted by Gasteiger charge is -2.35. The third-order valence-corrected chi connectivity index (χ3v) is 3.91. The van der Waals surface area contributed by atoms with E-state index in [1.807, 2.05) is 12.4 Å². The highest BCUT2D eigenvalue weighted by Crippen LogP contribution is 2.35. The van der Waals surface area contributed by atoms with E-state index in [1.54, 1.807) is 0 Å². The van der Waals surface area contributed by atoms with Crippen molar-refractivity contribution in [3.8, 4) is 11.3 Å². The van der Waals surface area contributed by atoms with Gasteiger partial charge in [-0.05, 0) is 19.4 Å². The number of nitrogens with one attached hydrogen (secondary N) is 2. The molecule has 0 radical (unpaired) electrons. The first-order chi connectivity index (χ1) is 9.25. The van der Waals surface area contributed by atoms with Crippen molar-refractivity contribution in [2.75, 3.05) is 13.1 Å². The van der Waals surface area contributed by atoms with Gasteiger partial charge in [0.15, 0.2) is 0 Å². The van der Waals surface area contributed by atoms with E-state index >= 15 is 0 Å². The van der Waals surface area contributed by atoms with Crippen molar-refractivity contribution in [1.82, 2.24) is 20.1 Å². The molecule has 0 aromatic heterocycles. The maximum Gasteiger partial charge on any atom is 0.218 e. The van der Waals surface area contributed by atoms with E-state index in [1.165, 1.54) is 18.5 Å². The Balaban J connectivity index is 1.80. The number of hydrogen-bond donors (Lipinski definition) is 3. The minimum atomic E-state index is -0.234. The highest BCUT2D eigenvalue weighted by molar-refractivity contribution is 5.73. The summed E-state index contributed by atoms with van der Waals surface area (Å²) in [5.41, 5.74) is 8.62. The van der Waals surface area contributed by atoms with Crippen LogP contribution >= 0.6 is 0 Å². The monoisotopic (exact) mass is 261 g/mol. The van der Waals surface area contributed by atoms with Crippen LogP contribution in [0.25, 0.3) is 11.3 Å². The standard InChI is InChI=1S/C13H19N5O/c14-12(19)4-6-18-5-2-1-3-11(18)13-9-7-15-8-10(9)16-17-13/h7-8,11,16-17H,1-6H2,(H2,14,19). The third kappa shape index (κ3) is 2.35. The summed E-state index contributed by atoms with van der Waals surface area (Å²) in [7, 11) is 0. The Morgan fingerprint density at radius 2 is 2.32 bits per heavy atom. The number of H-pyrrole nitrogens is 2. The van der Waals surface area contributed by atoms with Crippen molar-refractivity contribution in [2.24, 2.45) is 5.73 Å². The largest absolute Gasteiger partial charge is 0.370 e. The van der Waals surface area contributed by atoms with E-state index in [0.717, 1.165) is 30.8 Å². The Morgan fingerprint density at radius 3 is 3.16 bits per heavy atom. The molecule has 6 nitrogen and oxygen atoms in total. The molecule has 1 atom stereocenters. The fourth-order valence-electron chi connectivity index (χ4n) is 2.94. The smallest absolute Gasteiger partial charge is 0.218 e. The number of rotatable bonds is 4. The van der Waals surface area contributed by atoms with Crippen LogP contribution in [0.1, 0.15) is 37.4 Å². The van der Waals surface area contributed by atoms with Crippen molar-refractivity contribution in [3.63, 3.8) is 0 Å². The lowest BCUT2D eigenvalue weighted by molar-refractivity contribution is -0.118. The number of hydrogen-bond acceptors (Lipinski definition) is 3. The Hall–Kier alpha value is -1.82. The number of primary amides is 1. The van der Waals surface area contributed by atoms with Gasteiger partial charge in [-0.2, -0.15) is 0 Å². The van der Waals surface area contributed by atoms with Gasteiger partial charge in [0.2, 0.25) is 5.91 Å². The minimum absolute atomic E-state index is 0.234. The summed E-state index contributed by atoms with van der Waals surface area (Å²) in [4.78, 5) is 17.5. The number of nitrogens with two attached hydrogens (primary N) is 1. The molecule has 1 fully saturated rings. The van der Waals surface area contributed by atoms with Crippen LogP contribution in [0.5, 0.6) is 0 Å². The number of carbonyl (C=O) groups excluding carboxylic acids is 1. The summed E-state index contributed by atoms with van der Waals surface area (Å²) in [6, 6.07) is 0.325. The summed E-state index contributed by atoms with van der Waals surface area (Å²) in [6.07, 6.45) is 7.63. The van der Waals surface area contributed by atoms with Gasteiger partial charge in [-0.1, -0.05) is 6.42 Å². The van der Waals surface area contributed by atoms with E-state index in [-0.39, 0.29) is 5.91 Å². The van der Waals surface area contributed by atoms with Crippen molar-refractivity contribution in [3.05, 3.63) is 18.1 Å². The van der Waals surface area contributed by atoms with Crippen LogP contribution in [0.2, 0.25) is 0 Å². The van der Waals surface area contributed by atoms with Crippen LogP contribution in [-0.4, -0.2) is 39.1 Å². The van der Waals surface area contributed by atoms with Gasteiger partial charge in [-0.25, -0.2) is 0 Å². The molecular weight excluding hydrogens is 242 g/mol. The topological polar surface area (TPSA) is 90.8 Å². The molecule has 3 rings (SSSR count). The van der Waals surface area contributed by atoms with Crippen molar-refractivity contribution in [2.45, 2.75) is 31.7 Å². The van der Waals surface area contributed by atoms with Gasteiger partial charge in [-0.3, -0.25) is 19.8 Å². The predicted octanol–water partition coefficient (Wildman–Crippen LogP) is 1.24. The molecule has 0 spiro atoms. The number of aromatic nitrogens is 3. The van der Waals surface area contributed by atoms with Gasteiger partial charge in [0.25, 0.3) is 0 Å². The Morgan fingerprint density at radius 1 is 1.42 bits per heavy atom. The number of nitrogens with zero attached hydrogens (tertiary/aromatic N) is 2. The van der Waals surface area contributed by atoms with Gasteiger partial charge in [-0.15, -0.1) is 0 Å². The summed E-state index contributed by atoms with van der Waals surface area (Å²) < 4.78 is 0. The molecule has 1 saturated heterocycles. The number of amides is 1. The molecule has 6 heteroatoms. The number of piperidine rings is 1. The zero-order valence-electron chi connectivity index (χ0n) is 10.9. The molecule has 0 saturated carbocycles. The molecule has 3 aliphatic heterocycles. The van der Waals surface area contributed by atoms with E-state index in [9.17, 15) is 4.79 Å². The molecule has 0 aromatic carbocycles. The lowest BCUT2D eigenvalue weighted by Crippen LogP contribution is -2.36. The van der Waals surface area contributed by atoms with Crippen LogP contribution in [0.3, 0.4) is 0 Å². The summed E-state index contributed by atoms with van der Waals surface area (Å²) in [5, 5.41) is 6.40. The fourth-order valence-corrected chi connectivity index (χ4v) is 2.94. The minimum Gasteiger partial charge on any atom is -0.370 e. The van der Waals surface area contributed by atoms with E-state index < -0.39 is 0 Å². The maximum atomic E-state index is 11.0. The first-order valence-corrected chi connectivity index (χ1v) is 6.78. The second kappa shape index (κ2) is 5.05. The highest BCUT2D eigenvalue weighted by Gasteiger charge is 2.28. The SMILES string of the molecule is NC(=O)CCN1CCCCC1c1[nH][nH]c2cncc1-2. The molecule has 0 aliphatic carbocycles. The van der Waals surface area contributed by atoms with Gasteiger partial charge in [0.05, 0.1) is 23.6 Å². The normalized spacial score (nSPS) is 20.9. The first-order valence-electron chi connectivity index (χ1n) is 6.78. The number of carbonyl (C=O) groups is 1. The second-order valence-corrected chi connectivity index (χ2v) is 5.16. The fraction of sp³-hybridized carbons (Fsp3) is 0.538. The van der Waals surface area contributed by atoms with Gasteiger partial charge < -0.3 is 10.8 Å². The van der Waals surface area contributed by atoms with Crippen LogP contribution in [-0.2, 0) is 4.79 Å². The van der Waals surface area contributed by atoms with E-state index in [2.05, 4.69) is 20.1 Å². The Bertz CT molecular complexity index is 531. The molecule has 0 bridgehead atoms. The molecule has 19 heavy (non-hydrogen) atoms. The van der Waals surface area contributed by atoms with Crippen LogP contribution in [0, 0.1) is 0 Å². The second-order valence-electron chi connectivity index (χ2n) is 5.16. The highest BCUT2D eigenvalue weighted by atomic mass is 16.1. The Labute approximate surface area is 111 Å². The average molecular weight is 261 g/mol. The maximum absolute atomic E-state index is 11.0. The quantitative estimate of drug-likeness (QED) is 0.773. The zero-order valence-corrected chi connectivity index (χ0v) is 10.9. The summed E-state index contributed by atoms with van der Waals surface area (Å²) in [6.45, 7) is 1.75. The molecule has 1 amide bonds. The number of fused-ring (bicyclic) bond motifs is 1. The molecule has 102 valence electrons.